The molecule has 3 amide bonds. The van der Waals surface area contributed by atoms with E-state index in [1.54, 1.807) is 0 Å². The Labute approximate surface area is 226 Å². The summed E-state index contributed by atoms with van der Waals surface area (Å²) in [4.78, 5) is 42.9. The Balaban J connectivity index is 1.05. The minimum atomic E-state index is -0.446. The van der Waals surface area contributed by atoms with E-state index in [9.17, 15) is 14.4 Å². The smallest absolute Gasteiger partial charge is 0.410 e. The Morgan fingerprint density at radius 1 is 1.03 bits per heavy atom. The summed E-state index contributed by atoms with van der Waals surface area (Å²) in [6.45, 7) is 12.9. The number of carbonyl (C=O) groups is 3. The van der Waals surface area contributed by atoms with Gasteiger partial charge in [0.1, 0.15) is 11.6 Å². The number of amides is 3. The molecule has 2 atom stereocenters. The summed E-state index contributed by atoms with van der Waals surface area (Å²) in [6.07, 6.45) is 5.35. The van der Waals surface area contributed by atoms with Crippen LogP contribution in [0.25, 0.3) is 0 Å². The zero-order valence-corrected chi connectivity index (χ0v) is 23.1. The van der Waals surface area contributed by atoms with Crippen LogP contribution in [0.1, 0.15) is 59.3 Å². The van der Waals surface area contributed by atoms with E-state index in [2.05, 4.69) is 32.6 Å². The standard InChI is InChI=1S/C29H43N5O4/c1-28(2,3)38-27(37)34-17-13-29(20-34)12-16-32(19-29)18-21-10-14-33(15-11-21)23-6-4-22(5-7-23)30-24-8-9-25(35)31-26(24)36/h4-7,21,24,30H,8-20H2,1-3H3,(H,31,35,36). The SMILES string of the molecule is CC(C)(C)OC(=O)N1CCC2(CCN(CC3CCN(c4ccc(NC5CCC(=O)NC5=O)cc4)CC3)C2)C1. The second-order valence-electron chi connectivity index (χ2n) is 12.8. The lowest BCUT2D eigenvalue weighted by Crippen LogP contribution is -2.47. The maximum absolute atomic E-state index is 12.5. The van der Waals surface area contributed by atoms with Crippen LogP contribution in [0.2, 0.25) is 0 Å². The van der Waals surface area contributed by atoms with Crippen LogP contribution in [0.3, 0.4) is 0 Å². The fourth-order valence-electron chi connectivity index (χ4n) is 6.47. The van der Waals surface area contributed by atoms with Crippen LogP contribution in [0.15, 0.2) is 24.3 Å². The number of anilines is 2. The average Bonchev–Trinajstić information content (AvgIpc) is 3.47. The third-order valence-corrected chi connectivity index (χ3v) is 8.55. The van der Waals surface area contributed by atoms with Gasteiger partial charge in [-0.3, -0.25) is 14.9 Å². The number of benzene rings is 1. The van der Waals surface area contributed by atoms with Crippen molar-refractivity contribution >= 4 is 29.3 Å². The summed E-state index contributed by atoms with van der Waals surface area (Å²) in [5.41, 5.74) is 1.91. The highest BCUT2D eigenvalue weighted by Crippen LogP contribution is 2.40. The molecule has 208 valence electrons. The van der Waals surface area contributed by atoms with Gasteiger partial charge in [-0.25, -0.2) is 4.79 Å². The molecule has 1 aromatic rings. The molecular formula is C29H43N5O4. The number of hydrogen-bond acceptors (Lipinski definition) is 7. The van der Waals surface area contributed by atoms with Crippen molar-refractivity contribution in [3.8, 4) is 0 Å². The van der Waals surface area contributed by atoms with Crippen LogP contribution in [-0.2, 0) is 14.3 Å². The Morgan fingerprint density at radius 2 is 1.74 bits per heavy atom. The van der Waals surface area contributed by atoms with Gasteiger partial charge in [0.15, 0.2) is 0 Å². The van der Waals surface area contributed by atoms with Crippen LogP contribution >= 0.6 is 0 Å². The van der Waals surface area contributed by atoms with Crippen molar-refractivity contribution in [3.63, 3.8) is 0 Å². The van der Waals surface area contributed by atoms with E-state index >= 15 is 0 Å². The average molecular weight is 526 g/mol. The van der Waals surface area contributed by atoms with Gasteiger partial charge in [-0.2, -0.15) is 0 Å². The number of rotatable bonds is 5. The molecule has 4 aliphatic heterocycles. The van der Waals surface area contributed by atoms with Crippen LogP contribution in [-0.4, -0.2) is 85.2 Å². The zero-order chi connectivity index (χ0) is 26.9. The fraction of sp³-hybridized carbons (Fsp3) is 0.690. The molecule has 38 heavy (non-hydrogen) atoms. The summed E-state index contributed by atoms with van der Waals surface area (Å²) in [5.74, 6) is 0.266. The lowest BCUT2D eigenvalue weighted by molar-refractivity contribution is -0.133. The molecule has 0 saturated carbocycles. The van der Waals surface area contributed by atoms with Crippen molar-refractivity contribution in [2.75, 3.05) is 56.0 Å². The van der Waals surface area contributed by atoms with Gasteiger partial charge in [-0.1, -0.05) is 0 Å². The topological polar surface area (TPSA) is 94.2 Å². The molecule has 4 aliphatic rings. The molecule has 1 spiro atoms. The number of ether oxygens (including phenoxy) is 1. The van der Waals surface area contributed by atoms with Gasteiger partial charge < -0.3 is 24.8 Å². The van der Waals surface area contributed by atoms with Gasteiger partial charge in [-0.05, 0) is 89.6 Å². The largest absolute Gasteiger partial charge is 0.444 e. The van der Waals surface area contributed by atoms with Gasteiger partial charge in [0.2, 0.25) is 11.8 Å². The Kier molecular flexibility index (Phi) is 7.58. The highest BCUT2D eigenvalue weighted by atomic mass is 16.6. The molecule has 2 N–H and O–H groups in total. The quantitative estimate of drug-likeness (QED) is 0.569. The summed E-state index contributed by atoms with van der Waals surface area (Å²) in [6, 6.07) is 7.93. The highest BCUT2D eigenvalue weighted by Gasteiger charge is 2.45. The molecule has 4 heterocycles. The maximum Gasteiger partial charge on any atom is 0.410 e. The number of nitrogens with one attached hydrogen (secondary N) is 2. The molecule has 0 aromatic heterocycles. The van der Waals surface area contributed by atoms with Gasteiger partial charge in [0.25, 0.3) is 0 Å². The summed E-state index contributed by atoms with van der Waals surface area (Å²) < 4.78 is 5.61. The molecular weight excluding hydrogens is 482 g/mol. The van der Waals surface area contributed by atoms with E-state index in [0.29, 0.717) is 18.8 Å². The first-order valence-electron chi connectivity index (χ1n) is 14.2. The van der Waals surface area contributed by atoms with Crippen molar-refractivity contribution in [2.24, 2.45) is 11.3 Å². The van der Waals surface area contributed by atoms with Crippen molar-refractivity contribution in [2.45, 2.75) is 70.9 Å². The van der Waals surface area contributed by atoms with Gasteiger partial charge in [0.05, 0.1) is 0 Å². The molecule has 4 fully saturated rings. The van der Waals surface area contributed by atoms with E-state index in [1.807, 2.05) is 37.8 Å². The molecule has 2 unspecified atom stereocenters. The number of likely N-dealkylation sites (tertiary alicyclic amines) is 2. The number of carbonyl (C=O) groups excluding carboxylic acids is 3. The van der Waals surface area contributed by atoms with Crippen LogP contribution < -0.4 is 15.5 Å². The second kappa shape index (κ2) is 10.8. The predicted molar refractivity (Wildman–Crippen MR) is 147 cm³/mol. The fourth-order valence-corrected chi connectivity index (χ4v) is 6.47. The van der Waals surface area contributed by atoms with Crippen LogP contribution in [0.4, 0.5) is 16.2 Å². The first-order chi connectivity index (χ1) is 18.1. The Morgan fingerprint density at radius 3 is 2.42 bits per heavy atom. The molecule has 9 heteroatoms. The minimum Gasteiger partial charge on any atom is -0.444 e. The lowest BCUT2D eigenvalue weighted by atomic mass is 9.86. The van der Waals surface area contributed by atoms with E-state index in [-0.39, 0.29) is 29.4 Å². The van der Waals surface area contributed by atoms with E-state index in [4.69, 9.17) is 4.74 Å². The molecule has 0 bridgehead atoms. The van der Waals surface area contributed by atoms with Crippen molar-refractivity contribution < 1.29 is 19.1 Å². The summed E-state index contributed by atoms with van der Waals surface area (Å²) in [7, 11) is 0. The molecule has 4 saturated heterocycles. The third kappa shape index (κ3) is 6.42. The lowest BCUT2D eigenvalue weighted by Gasteiger charge is -2.35. The Bertz CT molecular complexity index is 1030. The monoisotopic (exact) mass is 525 g/mol. The van der Waals surface area contributed by atoms with Crippen molar-refractivity contribution in [3.05, 3.63) is 24.3 Å². The molecule has 5 rings (SSSR count). The van der Waals surface area contributed by atoms with Crippen LogP contribution in [0, 0.1) is 11.3 Å². The van der Waals surface area contributed by atoms with Crippen LogP contribution in [0.5, 0.6) is 0 Å². The normalized spacial score (nSPS) is 27.2. The number of imide groups is 1. The molecule has 0 radical (unpaired) electrons. The highest BCUT2D eigenvalue weighted by molar-refractivity contribution is 6.01. The van der Waals surface area contributed by atoms with Gasteiger partial charge in [-0.15, -0.1) is 0 Å². The molecule has 0 aliphatic carbocycles. The van der Waals surface area contributed by atoms with Crippen molar-refractivity contribution in [1.29, 1.82) is 0 Å². The Hall–Kier alpha value is -2.81. The molecule has 9 nitrogen and oxygen atoms in total. The summed E-state index contributed by atoms with van der Waals surface area (Å²) in [5, 5.41) is 5.65. The maximum atomic E-state index is 12.5. The molecule has 1 aromatic carbocycles. The number of nitrogens with zero attached hydrogens (tertiary/aromatic N) is 3. The van der Waals surface area contributed by atoms with Gasteiger partial charge in [0, 0.05) is 62.5 Å². The van der Waals surface area contributed by atoms with E-state index < -0.39 is 5.60 Å². The second-order valence-corrected chi connectivity index (χ2v) is 12.8. The minimum absolute atomic E-state index is 0.167. The number of piperidine rings is 2. The van der Waals surface area contributed by atoms with E-state index in [1.165, 1.54) is 24.9 Å². The van der Waals surface area contributed by atoms with E-state index in [0.717, 1.165) is 57.9 Å². The van der Waals surface area contributed by atoms with Crippen molar-refractivity contribution in [1.82, 2.24) is 15.1 Å². The summed E-state index contributed by atoms with van der Waals surface area (Å²) >= 11 is 0. The first-order valence-corrected chi connectivity index (χ1v) is 14.2. The number of hydrogen-bond donors (Lipinski definition) is 2. The zero-order valence-electron chi connectivity index (χ0n) is 23.1. The van der Waals surface area contributed by atoms with Gasteiger partial charge >= 0.3 is 6.09 Å². The third-order valence-electron chi connectivity index (χ3n) is 8.55. The predicted octanol–water partition coefficient (Wildman–Crippen LogP) is 3.45. The first kappa shape index (κ1) is 26.8.